The molecular weight excluding hydrogens is 263 g/mol. The largest absolute Gasteiger partial charge is 0.271 e. The first-order valence-corrected chi connectivity index (χ1v) is 6.54. The van der Waals surface area contributed by atoms with Gasteiger partial charge in [-0.15, -0.1) is 11.3 Å². The molecule has 0 fully saturated rings. The van der Waals surface area contributed by atoms with Crippen LogP contribution in [0.3, 0.4) is 0 Å². The smallest absolute Gasteiger partial charge is 0.267 e. The number of carbonyl (C=O) groups is 1. The zero-order valence-electron chi connectivity index (χ0n) is 10.6. The third-order valence-electron chi connectivity index (χ3n) is 2.72. The Morgan fingerprint density at radius 3 is 2.68 bits per heavy atom. The number of thiophene rings is 1. The Balaban J connectivity index is 2.01. The molecule has 2 rings (SSSR count). The van der Waals surface area contributed by atoms with E-state index in [0.717, 1.165) is 22.5 Å². The number of aryl methyl sites for hydroxylation is 2. The van der Waals surface area contributed by atoms with Crippen molar-refractivity contribution >= 4 is 23.5 Å². The number of carbonyl (C=O) groups excluding carboxylic acids is 1. The highest BCUT2D eigenvalue weighted by Gasteiger charge is 2.05. The fourth-order valence-electron chi connectivity index (χ4n) is 1.50. The number of amides is 1. The Bertz CT molecular complexity index is 634. The molecule has 0 spiro atoms. The lowest BCUT2D eigenvalue weighted by Gasteiger charge is -2.03. The SMILES string of the molecule is Cc1ccc(C(=O)NN=Cc2ccc(F)s2)cc1C. The average molecular weight is 276 g/mol. The molecule has 0 unspecified atom stereocenters. The molecular formula is C14H13FN2OS. The van der Waals surface area contributed by atoms with E-state index < -0.39 is 0 Å². The van der Waals surface area contributed by atoms with Crippen molar-refractivity contribution in [3.05, 3.63) is 57.0 Å². The number of hydrogen-bond donors (Lipinski definition) is 1. The van der Waals surface area contributed by atoms with Crippen molar-refractivity contribution < 1.29 is 9.18 Å². The minimum Gasteiger partial charge on any atom is -0.267 e. The molecule has 0 radical (unpaired) electrons. The number of nitrogens with zero attached hydrogens (tertiary/aromatic N) is 1. The first-order chi connectivity index (χ1) is 9.06. The van der Waals surface area contributed by atoms with Gasteiger partial charge in [0, 0.05) is 5.56 Å². The number of benzene rings is 1. The van der Waals surface area contributed by atoms with Crippen LogP contribution < -0.4 is 5.43 Å². The van der Waals surface area contributed by atoms with Crippen LogP contribution in [0.4, 0.5) is 4.39 Å². The fourth-order valence-corrected chi connectivity index (χ4v) is 2.10. The Hall–Kier alpha value is -2.01. The van der Waals surface area contributed by atoms with Crippen LogP contribution in [-0.2, 0) is 0 Å². The first-order valence-electron chi connectivity index (χ1n) is 5.72. The van der Waals surface area contributed by atoms with Gasteiger partial charge < -0.3 is 0 Å². The van der Waals surface area contributed by atoms with Gasteiger partial charge in [0.1, 0.15) is 0 Å². The lowest BCUT2D eigenvalue weighted by atomic mass is 10.1. The maximum atomic E-state index is 12.7. The molecule has 1 amide bonds. The van der Waals surface area contributed by atoms with Gasteiger partial charge in [0.15, 0.2) is 5.13 Å². The maximum Gasteiger partial charge on any atom is 0.271 e. The molecule has 3 nitrogen and oxygen atoms in total. The molecule has 0 bridgehead atoms. The molecule has 98 valence electrons. The van der Waals surface area contributed by atoms with E-state index in [1.807, 2.05) is 26.0 Å². The molecule has 0 saturated carbocycles. The van der Waals surface area contributed by atoms with E-state index in [-0.39, 0.29) is 11.0 Å². The number of nitrogens with one attached hydrogen (secondary N) is 1. The first kappa shape index (κ1) is 13.4. The summed E-state index contributed by atoms with van der Waals surface area (Å²) in [6.45, 7) is 3.93. The summed E-state index contributed by atoms with van der Waals surface area (Å²) in [4.78, 5) is 12.5. The number of hydrogen-bond acceptors (Lipinski definition) is 3. The molecule has 0 aliphatic carbocycles. The predicted octanol–water partition coefficient (Wildman–Crippen LogP) is 3.27. The molecule has 5 heteroatoms. The summed E-state index contributed by atoms with van der Waals surface area (Å²) >= 11 is 0.972. The number of halogens is 1. The van der Waals surface area contributed by atoms with E-state index in [1.54, 1.807) is 12.1 Å². The average Bonchev–Trinajstić information content (AvgIpc) is 2.78. The van der Waals surface area contributed by atoms with Crippen molar-refractivity contribution in [2.75, 3.05) is 0 Å². The summed E-state index contributed by atoms with van der Waals surface area (Å²) in [6.07, 6.45) is 1.42. The van der Waals surface area contributed by atoms with Gasteiger partial charge in [-0.25, -0.2) is 5.43 Å². The highest BCUT2D eigenvalue weighted by Crippen LogP contribution is 2.12. The van der Waals surface area contributed by atoms with E-state index in [9.17, 15) is 9.18 Å². The lowest BCUT2D eigenvalue weighted by Crippen LogP contribution is -2.17. The molecule has 1 heterocycles. The zero-order chi connectivity index (χ0) is 13.8. The Kier molecular flexibility index (Phi) is 4.06. The minimum absolute atomic E-state index is 0.276. The Labute approximate surface area is 114 Å². The number of hydrazone groups is 1. The summed E-state index contributed by atoms with van der Waals surface area (Å²) in [5.74, 6) is -0.281. The Morgan fingerprint density at radius 1 is 1.26 bits per heavy atom. The van der Waals surface area contributed by atoms with E-state index in [4.69, 9.17) is 0 Å². The summed E-state index contributed by atoms with van der Waals surface area (Å²) in [7, 11) is 0. The molecule has 19 heavy (non-hydrogen) atoms. The zero-order valence-corrected chi connectivity index (χ0v) is 11.4. The van der Waals surface area contributed by atoms with E-state index in [0.29, 0.717) is 10.4 Å². The predicted molar refractivity (Wildman–Crippen MR) is 75.3 cm³/mol. The highest BCUT2D eigenvalue weighted by atomic mass is 32.1. The van der Waals surface area contributed by atoms with Crippen LogP contribution in [0.1, 0.15) is 26.4 Å². The van der Waals surface area contributed by atoms with E-state index in [2.05, 4.69) is 10.5 Å². The van der Waals surface area contributed by atoms with Crippen molar-refractivity contribution in [2.45, 2.75) is 13.8 Å². The summed E-state index contributed by atoms with van der Waals surface area (Å²) in [5.41, 5.74) is 5.16. The van der Waals surface area contributed by atoms with Gasteiger partial charge in [-0.2, -0.15) is 9.49 Å². The standard InChI is InChI=1S/C14H13FN2OS/c1-9-3-4-11(7-10(9)2)14(18)17-16-8-12-5-6-13(15)19-12/h3-8H,1-2H3,(H,17,18). The lowest BCUT2D eigenvalue weighted by molar-refractivity contribution is 0.0955. The van der Waals surface area contributed by atoms with Gasteiger partial charge >= 0.3 is 0 Å². The Morgan fingerprint density at radius 2 is 2.05 bits per heavy atom. The van der Waals surface area contributed by atoms with E-state index >= 15 is 0 Å². The second-order valence-corrected chi connectivity index (χ2v) is 5.21. The second kappa shape index (κ2) is 5.75. The molecule has 1 N–H and O–H groups in total. The van der Waals surface area contributed by atoms with Gasteiger partial charge in [-0.05, 0) is 49.2 Å². The van der Waals surface area contributed by atoms with Crippen LogP contribution in [0.2, 0.25) is 0 Å². The van der Waals surface area contributed by atoms with Crippen LogP contribution >= 0.6 is 11.3 Å². The van der Waals surface area contributed by atoms with Gasteiger partial charge in [-0.3, -0.25) is 4.79 Å². The minimum atomic E-state index is -0.281. The summed E-state index contributed by atoms with van der Waals surface area (Å²) in [5, 5.41) is 3.53. The quantitative estimate of drug-likeness (QED) is 0.678. The molecule has 0 atom stereocenters. The van der Waals surface area contributed by atoms with Crippen molar-refractivity contribution in [2.24, 2.45) is 5.10 Å². The van der Waals surface area contributed by atoms with Crippen LogP contribution in [-0.4, -0.2) is 12.1 Å². The highest BCUT2D eigenvalue weighted by molar-refractivity contribution is 7.12. The summed E-state index contributed by atoms with van der Waals surface area (Å²) in [6, 6.07) is 8.41. The molecule has 0 saturated heterocycles. The van der Waals surface area contributed by atoms with Gasteiger partial charge in [0.2, 0.25) is 0 Å². The van der Waals surface area contributed by atoms with Gasteiger partial charge in [-0.1, -0.05) is 6.07 Å². The van der Waals surface area contributed by atoms with Crippen molar-refractivity contribution in [3.8, 4) is 0 Å². The third-order valence-corrected chi connectivity index (χ3v) is 3.53. The van der Waals surface area contributed by atoms with Crippen LogP contribution in [0.15, 0.2) is 35.4 Å². The van der Waals surface area contributed by atoms with Gasteiger partial charge in [0.25, 0.3) is 5.91 Å². The topological polar surface area (TPSA) is 41.5 Å². The fraction of sp³-hybridized carbons (Fsp3) is 0.143. The normalized spacial score (nSPS) is 10.9. The van der Waals surface area contributed by atoms with Crippen LogP contribution in [0, 0.1) is 19.0 Å². The number of rotatable bonds is 3. The van der Waals surface area contributed by atoms with E-state index in [1.165, 1.54) is 12.3 Å². The second-order valence-electron chi connectivity index (χ2n) is 4.14. The molecule has 0 aliphatic heterocycles. The van der Waals surface area contributed by atoms with Crippen molar-refractivity contribution in [1.82, 2.24) is 5.43 Å². The van der Waals surface area contributed by atoms with Crippen LogP contribution in [0.5, 0.6) is 0 Å². The molecule has 0 aliphatic rings. The molecule has 1 aromatic heterocycles. The molecule has 2 aromatic rings. The monoisotopic (exact) mass is 276 g/mol. The van der Waals surface area contributed by atoms with Crippen molar-refractivity contribution in [3.63, 3.8) is 0 Å². The maximum absolute atomic E-state index is 12.7. The van der Waals surface area contributed by atoms with Crippen molar-refractivity contribution in [1.29, 1.82) is 0 Å². The van der Waals surface area contributed by atoms with Gasteiger partial charge in [0.05, 0.1) is 11.1 Å². The molecule has 1 aromatic carbocycles. The summed E-state index contributed by atoms with van der Waals surface area (Å²) < 4.78 is 12.7. The third kappa shape index (κ3) is 3.48. The van der Waals surface area contributed by atoms with Crippen LogP contribution in [0.25, 0.3) is 0 Å².